The molecule has 0 radical (unpaired) electrons. The van der Waals surface area contributed by atoms with Gasteiger partial charge in [0.25, 0.3) is 0 Å². The summed E-state index contributed by atoms with van der Waals surface area (Å²) in [6.07, 6.45) is 7.11. The number of ketones is 1. The third-order valence-electron chi connectivity index (χ3n) is 4.25. The Kier molecular flexibility index (Phi) is 4.01. The van der Waals surface area contributed by atoms with Gasteiger partial charge in [0.15, 0.2) is 5.78 Å². The summed E-state index contributed by atoms with van der Waals surface area (Å²) in [5.74, 6) is -0.460. The van der Waals surface area contributed by atoms with E-state index in [1.54, 1.807) is 24.9 Å². The molecule has 1 aromatic carbocycles. The van der Waals surface area contributed by atoms with E-state index in [1.165, 1.54) is 24.3 Å². The van der Waals surface area contributed by atoms with Crippen LogP contribution >= 0.6 is 0 Å². The predicted molar refractivity (Wildman–Crippen MR) is 96.2 cm³/mol. The van der Waals surface area contributed by atoms with E-state index in [0.717, 1.165) is 22.2 Å². The second-order valence-corrected chi connectivity index (χ2v) is 6.09. The Morgan fingerprint density at radius 2 is 1.81 bits per heavy atom. The summed E-state index contributed by atoms with van der Waals surface area (Å²) >= 11 is 0. The fraction of sp³-hybridized carbons (Fsp3) is 0.100. The maximum absolute atomic E-state index is 13.0. The summed E-state index contributed by atoms with van der Waals surface area (Å²) in [6.45, 7) is 0. The fourth-order valence-electron chi connectivity index (χ4n) is 2.83. The van der Waals surface area contributed by atoms with Crippen LogP contribution in [0, 0.1) is 5.82 Å². The standard InChI is InChI=1S/C20H15FN4O/c1-25-12-22-11-19(25)18-7-14-6-17(23-9-15(14)10-24-18)8-20(26)13-2-4-16(21)5-3-13/h2-7,9-12H,8H2,1H3. The van der Waals surface area contributed by atoms with E-state index in [0.29, 0.717) is 11.3 Å². The van der Waals surface area contributed by atoms with Gasteiger partial charge in [0.2, 0.25) is 0 Å². The average molecular weight is 346 g/mol. The van der Waals surface area contributed by atoms with Crippen molar-refractivity contribution in [2.45, 2.75) is 6.42 Å². The lowest BCUT2D eigenvalue weighted by Gasteiger charge is -2.06. The normalized spacial score (nSPS) is 11.0. The van der Waals surface area contributed by atoms with E-state index in [1.807, 2.05) is 23.7 Å². The molecule has 0 aliphatic heterocycles. The van der Waals surface area contributed by atoms with Crippen LogP contribution in [0.25, 0.3) is 22.2 Å². The van der Waals surface area contributed by atoms with Gasteiger partial charge in [0, 0.05) is 36.1 Å². The number of carbonyl (C=O) groups excluding carboxylic acids is 1. The van der Waals surface area contributed by atoms with Crippen LogP contribution in [0.2, 0.25) is 0 Å². The second-order valence-electron chi connectivity index (χ2n) is 6.09. The van der Waals surface area contributed by atoms with E-state index < -0.39 is 0 Å². The number of fused-ring (bicyclic) bond motifs is 1. The van der Waals surface area contributed by atoms with Crippen LogP contribution in [0.5, 0.6) is 0 Å². The highest BCUT2D eigenvalue weighted by Crippen LogP contribution is 2.22. The van der Waals surface area contributed by atoms with Gasteiger partial charge in [0.1, 0.15) is 5.82 Å². The first-order valence-corrected chi connectivity index (χ1v) is 8.10. The number of carbonyl (C=O) groups is 1. The van der Waals surface area contributed by atoms with Crippen LogP contribution < -0.4 is 0 Å². The number of aromatic nitrogens is 4. The SMILES string of the molecule is Cn1cncc1-c1cc2cc(CC(=O)c3ccc(F)cc3)ncc2cn1. The van der Waals surface area contributed by atoms with E-state index in [4.69, 9.17) is 0 Å². The Morgan fingerprint density at radius 3 is 2.54 bits per heavy atom. The molecule has 0 atom stereocenters. The maximum Gasteiger partial charge on any atom is 0.168 e. The molecule has 0 N–H and O–H groups in total. The van der Waals surface area contributed by atoms with E-state index >= 15 is 0 Å². The van der Waals surface area contributed by atoms with Crippen LogP contribution in [0.3, 0.4) is 0 Å². The molecule has 3 aromatic heterocycles. The smallest absolute Gasteiger partial charge is 0.168 e. The van der Waals surface area contributed by atoms with Gasteiger partial charge in [-0.15, -0.1) is 0 Å². The highest BCUT2D eigenvalue weighted by Gasteiger charge is 2.10. The number of nitrogens with zero attached hydrogens (tertiary/aromatic N) is 4. The lowest BCUT2D eigenvalue weighted by molar-refractivity contribution is 0.0992. The summed E-state index contributed by atoms with van der Waals surface area (Å²) in [6, 6.07) is 9.39. The lowest BCUT2D eigenvalue weighted by atomic mass is 10.0. The number of hydrogen-bond donors (Lipinski definition) is 0. The first kappa shape index (κ1) is 16.1. The molecule has 26 heavy (non-hydrogen) atoms. The number of benzene rings is 1. The van der Waals surface area contributed by atoms with Gasteiger partial charge in [-0.05, 0) is 41.8 Å². The molecule has 0 saturated carbocycles. The predicted octanol–water partition coefficient (Wildman–Crippen LogP) is 3.59. The molecule has 0 amide bonds. The highest BCUT2D eigenvalue weighted by atomic mass is 19.1. The van der Waals surface area contributed by atoms with E-state index in [2.05, 4.69) is 15.0 Å². The summed E-state index contributed by atoms with van der Waals surface area (Å²) in [5.41, 5.74) is 2.85. The van der Waals surface area contributed by atoms with Crippen LogP contribution in [0.15, 0.2) is 61.3 Å². The molecule has 0 unspecified atom stereocenters. The fourth-order valence-corrected chi connectivity index (χ4v) is 2.83. The third-order valence-corrected chi connectivity index (χ3v) is 4.25. The molecule has 0 fully saturated rings. The second kappa shape index (κ2) is 6.48. The molecule has 0 spiro atoms. The van der Waals surface area contributed by atoms with Gasteiger partial charge >= 0.3 is 0 Å². The molecule has 4 aromatic rings. The molecule has 0 saturated heterocycles. The molecular weight excluding hydrogens is 331 g/mol. The van der Waals surface area contributed by atoms with E-state index in [-0.39, 0.29) is 18.0 Å². The Balaban J connectivity index is 1.65. The Bertz CT molecular complexity index is 1100. The van der Waals surface area contributed by atoms with Crippen LogP contribution in [-0.4, -0.2) is 25.3 Å². The molecule has 128 valence electrons. The number of pyridine rings is 2. The van der Waals surface area contributed by atoms with E-state index in [9.17, 15) is 9.18 Å². The van der Waals surface area contributed by atoms with Gasteiger partial charge in [-0.2, -0.15) is 0 Å². The Morgan fingerprint density at radius 1 is 1.04 bits per heavy atom. The zero-order chi connectivity index (χ0) is 18.1. The van der Waals surface area contributed by atoms with Crippen LogP contribution in [0.4, 0.5) is 4.39 Å². The molecule has 0 aliphatic rings. The largest absolute Gasteiger partial charge is 0.332 e. The third kappa shape index (κ3) is 3.09. The summed E-state index contributed by atoms with van der Waals surface area (Å²) in [4.78, 5) is 25.3. The highest BCUT2D eigenvalue weighted by molar-refractivity contribution is 5.97. The van der Waals surface area contributed by atoms with Crippen LogP contribution in [0.1, 0.15) is 16.1 Å². The summed E-state index contributed by atoms with van der Waals surface area (Å²) in [7, 11) is 1.91. The van der Waals surface area contributed by atoms with Crippen molar-refractivity contribution in [3.8, 4) is 11.4 Å². The molecule has 4 rings (SSSR count). The van der Waals surface area contributed by atoms with Crippen molar-refractivity contribution in [3.63, 3.8) is 0 Å². The molecule has 5 nitrogen and oxygen atoms in total. The molecule has 0 aliphatic carbocycles. The Labute approximate surface area is 149 Å². The monoisotopic (exact) mass is 346 g/mol. The summed E-state index contributed by atoms with van der Waals surface area (Å²) in [5, 5.41) is 1.85. The van der Waals surface area contributed by atoms with Crippen molar-refractivity contribution in [1.82, 2.24) is 19.5 Å². The first-order valence-electron chi connectivity index (χ1n) is 8.10. The minimum Gasteiger partial charge on any atom is -0.332 e. The van der Waals surface area contributed by atoms with Crippen molar-refractivity contribution in [2.24, 2.45) is 7.05 Å². The van der Waals surface area contributed by atoms with Crippen molar-refractivity contribution < 1.29 is 9.18 Å². The van der Waals surface area contributed by atoms with Gasteiger partial charge < -0.3 is 4.57 Å². The number of aryl methyl sites for hydroxylation is 1. The van der Waals surface area contributed by atoms with Gasteiger partial charge in [-0.25, -0.2) is 9.37 Å². The van der Waals surface area contributed by atoms with Crippen molar-refractivity contribution in [3.05, 3.63) is 78.4 Å². The van der Waals surface area contributed by atoms with Crippen molar-refractivity contribution in [2.75, 3.05) is 0 Å². The van der Waals surface area contributed by atoms with Gasteiger partial charge in [-0.1, -0.05) is 0 Å². The van der Waals surface area contributed by atoms with Gasteiger partial charge in [-0.3, -0.25) is 14.8 Å². The molecule has 0 bridgehead atoms. The maximum atomic E-state index is 13.0. The summed E-state index contributed by atoms with van der Waals surface area (Å²) < 4.78 is 14.9. The number of rotatable bonds is 4. The number of imidazole rings is 1. The number of hydrogen-bond acceptors (Lipinski definition) is 4. The Hall–Kier alpha value is -3.41. The zero-order valence-electron chi connectivity index (χ0n) is 14.1. The molecule has 6 heteroatoms. The minimum absolute atomic E-state index is 0.0993. The van der Waals surface area contributed by atoms with Crippen LogP contribution in [-0.2, 0) is 13.5 Å². The quantitative estimate of drug-likeness (QED) is 0.530. The first-order chi connectivity index (χ1) is 12.6. The number of halogens is 1. The van der Waals surface area contributed by atoms with Gasteiger partial charge in [0.05, 0.1) is 30.3 Å². The van der Waals surface area contributed by atoms with Crippen molar-refractivity contribution >= 4 is 16.6 Å². The number of Topliss-reactive ketones (excluding diaryl/α,β-unsaturated/α-hetero) is 1. The zero-order valence-corrected chi connectivity index (χ0v) is 14.1. The van der Waals surface area contributed by atoms with Crippen molar-refractivity contribution in [1.29, 1.82) is 0 Å². The molecule has 3 heterocycles. The molecular formula is C20H15FN4O. The average Bonchev–Trinajstić information content (AvgIpc) is 3.07. The lowest BCUT2D eigenvalue weighted by Crippen LogP contribution is -2.05. The minimum atomic E-state index is -0.361. The topological polar surface area (TPSA) is 60.7 Å².